The number of aliphatic hydroxyl groups is 3. The molecule has 3 heteroatoms. The van der Waals surface area contributed by atoms with Crippen LogP contribution in [0.15, 0.2) is 30.3 Å². The summed E-state index contributed by atoms with van der Waals surface area (Å²) < 4.78 is 0. The van der Waals surface area contributed by atoms with Gasteiger partial charge >= 0.3 is 0 Å². The quantitative estimate of drug-likeness (QED) is 0.467. The van der Waals surface area contributed by atoms with E-state index in [1.54, 1.807) is 0 Å². The van der Waals surface area contributed by atoms with E-state index < -0.39 is 5.97 Å². The van der Waals surface area contributed by atoms with Gasteiger partial charge in [-0.05, 0) is 24.8 Å². The second-order valence-corrected chi connectivity index (χ2v) is 4.88. The van der Waals surface area contributed by atoms with Crippen molar-refractivity contribution in [2.45, 2.75) is 57.3 Å². The Morgan fingerprint density at radius 1 is 0.722 bits per heavy atom. The van der Waals surface area contributed by atoms with Crippen molar-refractivity contribution in [2.24, 2.45) is 0 Å². The molecule has 0 aliphatic carbocycles. The highest BCUT2D eigenvalue weighted by Crippen LogP contribution is 2.13. The third-order valence-electron chi connectivity index (χ3n) is 3.07. The van der Waals surface area contributed by atoms with Gasteiger partial charge in [-0.25, -0.2) is 0 Å². The maximum absolute atomic E-state index is 8.70. The molecule has 3 nitrogen and oxygen atoms in total. The molecular formula is C15H24O3. The molecule has 1 aromatic carbocycles. The molecule has 0 unspecified atom stereocenters. The first-order chi connectivity index (χ1) is 8.58. The van der Waals surface area contributed by atoms with Crippen LogP contribution in [0.5, 0.6) is 0 Å². The van der Waals surface area contributed by atoms with Gasteiger partial charge in [0, 0.05) is 6.42 Å². The minimum Gasteiger partial charge on any atom is -0.344 e. The predicted molar refractivity (Wildman–Crippen MR) is 71.9 cm³/mol. The smallest absolute Gasteiger partial charge is 0.275 e. The Hall–Kier alpha value is -0.900. The number of aryl methyl sites for hydroxylation is 1. The Morgan fingerprint density at radius 3 is 1.89 bits per heavy atom. The summed E-state index contributed by atoms with van der Waals surface area (Å²) in [5.41, 5.74) is 1.39. The highest BCUT2D eigenvalue weighted by Gasteiger charge is 2.16. The minimum atomic E-state index is -2.48. The molecule has 0 spiro atoms. The predicted octanol–water partition coefficient (Wildman–Crippen LogP) is 2.59. The number of hydrogen-bond acceptors (Lipinski definition) is 3. The molecular weight excluding hydrogens is 228 g/mol. The van der Waals surface area contributed by atoms with Crippen molar-refractivity contribution in [1.82, 2.24) is 0 Å². The van der Waals surface area contributed by atoms with Gasteiger partial charge in [0.2, 0.25) is 0 Å². The summed E-state index contributed by atoms with van der Waals surface area (Å²) in [6, 6.07) is 10.5. The average Bonchev–Trinajstić information content (AvgIpc) is 2.32. The average molecular weight is 252 g/mol. The second-order valence-electron chi connectivity index (χ2n) is 4.88. The van der Waals surface area contributed by atoms with Crippen molar-refractivity contribution < 1.29 is 15.3 Å². The Kier molecular flexibility index (Phi) is 6.94. The molecule has 0 saturated heterocycles. The third-order valence-corrected chi connectivity index (χ3v) is 3.07. The Balaban J connectivity index is 1.90. The molecule has 0 aromatic heterocycles. The van der Waals surface area contributed by atoms with E-state index in [9.17, 15) is 0 Å². The van der Waals surface area contributed by atoms with Crippen LogP contribution in [0.25, 0.3) is 0 Å². The van der Waals surface area contributed by atoms with Crippen LogP contribution < -0.4 is 0 Å². The Bertz CT molecular complexity index is 303. The lowest BCUT2D eigenvalue weighted by Gasteiger charge is -2.12. The van der Waals surface area contributed by atoms with Gasteiger partial charge < -0.3 is 15.3 Å². The van der Waals surface area contributed by atoms with E-state index in [0.717, 1.165) is 19.3 Å². The number of rotatable bonds is 9. The van der Waals surface area contributed by atoms with Crippen molar-refractivity contribution in [1.29, 1.82) is 0 Å². The zero-order valence-corrected chi connectivity index (χ0v) is 10.9. The van der Waals surface area contributed by atoms with Crippen LogP contribution in [0, 0.1) is 0 Å². The summed E-state index contributed by atoms with van der Waals surface area (Å²) in [6.45, 7) is 0. The van der Waals surface area contributed by atoms with E-state index >= 15 is 0 Å². The van der Waals surface area contributed by atoms with Crippen molar-refractivity contribution >= 4 is 0 Å². The monoisotopic (exact) mass is 252 g/mol. The molecule has 0 radical (unpaired) electrons. The topological polar surface area (TPSA) is 60.7 Å². The maximum atomic E-state index is 8.70. The maximum Gasteiger partial charge on any atom is 0.275 e. The van der Waals surface area contributed by atoms with Crippen molar-refractivity contribution in [3.8, 4) is 0 Å². The zero-order chi connectivity index (χ0) is 13.3. The van der Waals surface area contributed by atoms with Gasteiger partial charge in [0.25, 0.3) is 5.97 Å². The number of hydrogen-bond donors (Lipinski definition) is 3. The van der Waals surface area contributed by atoms with E-state index in [-0.39, 0.29) is 6.42 Å². The molecule has 0 atom stereocenters. The summed E-state index contributed by atoms with van der Waals surface area (Å²) in [6.07, 6.45) is 7.43. The van der Waals surface area contributed by atoms with E-state index in [1.807, 2.05) is 6.07 Å². The molecule has 0 aliphatic rings. The van der Waals surface area contributed by atoms with Gasteiger partial charge in [-0.2, -0.15) is 0 Å². The van der Waals surface area contributed by atoms with Crippen LogP contribution >= 0.6 is 0 Å². The molecule has 0 amide bonds. The Labute approximate surface area is 109 Å². The molecule has 0 aliphatic heterocycles. The highest BCUT2D eigenvalue weighted by atomic mass is 16.7. The van der Waals surface area contributed by atoms with Crippen molar-refractivity contribution in [3.05, 3.63) is 35.9 Å². The number of benzene rings is 1. The van der Waals surface area contributed by atoms with E-state index in [1.165, 1.54) is 24.8 Å². The van der Waals surface area contributed by atoms with Crippen LogP contribution in [0.2, 0.25) is 0 Å². The van der Waals surface area contributed by atoms with Gasteiger partial charge in [0.15, 0.2) is 0 Å². The first-order valence-corrected chi connectivity index (χ1v) is 6.79. The van der Waals surface area contributed by atoms with Crippen LogP contribution in [0.4, 0.5) is 0 Å². The second kappa shape index (κ2) is 8.25. The SMILES string of the molecule is OC(O)(O)CCCCCCCCc1ccccc1. The molecule has 18 heavy (non-hydrogen) atoms. The fraction of sp³-hybridized carbons (Fsp3) is 0.600. The molecule has 0 fully saturated rings. The summed E-state index contributed by atoms with van der Waals surface area (Å²) in [4.78, 5) is 0. The molecule has 3 N–H and O–H groups in total. The van der Waals surface area contributed by atoms with Gasteiger partial charge in [-0.3, -0.25) is 0 Å². The largest absolute Gasteiger partial charge is 0.344 e. The molecule has 0 heterocycles. The lowest BCUT2D eigenvalue weighted by atomic mass is 10.0. The standard InChI is InChI=1S/C15H24O3/c16-15(17,18)13-9-4-2-1-3-6-10-14-11-7-5-8-12-14/h5,7-8,11-12,16-18H,1-4,6,9-10,13H2. The highest BCUT2D eigenvalue weighted by molar-refractivity contribution is 5.14. The van der Waals surface area contributed by atoms with E-state index in [4.69, 9.17) is 15.3 Å². The molecule has 1 aromatic rings. The summed E-state index contributed by atoms with van der Waals surface area (Å²) in [5.74, 6) is -2.48. The van der Waals surface area contributed by atoms with Crippen LogP contribution in [0.3, 0.4) is 0 Å². The van der Waals surface area contributed by atoms with Crippen molar-refractivity contribution in [2.75, 3.05) is 0 Å². The molecule has 0 bridgehead atoms. The van der Waals surface area contributed by atoms with Gasteiger partial charge in [0.1, 0.15) is 0 Å². The van der Waals surface area contributed by atoms with Gasteiger partial charge in [-0.1, -0.05) is 56.0 Å². The normalized spacial score (nSPS) is 11.7. The van der Waals surface area contributed by atoms with Crippen molar-refractivity contribution in [3.63, 3.8) is 0 Å². The van der Waals surface area contributed by atoms with Gasteiger partial charge in [-0.15, -0.1) is 0 Å². The van der Waals surface area contributed by atoms with Crippen LogP contribution in [-0.4, -0.2) is 21.3 Å². The minimum absolute atomic E-state index is 0.0387. The van der Waals surface area contributed by atoms with E-state index in [2.05, 4.69) is 24.3 Å². The fourth-order valence-electron chi connectivity index (χ4n) is 2.04. The summed E-state index contributed by atoms with van der Waals surface area (Å²) in [5, 5.41) is 26.1. The first kappa shape index (κ1) is 15.2. The van der Waals surface area contributed by atoms with E-state index in [0.29, 0.717) is 6.42 Å². The summed E-state index contributed by atoms with van der Waals surface area (Å²) in [7, 11) is 0. The van der Waals surface area contributed by atoms with Gasteiger partial charge in [0.05, 0.1) is 0 Å². The Morgan fingerprint density at radius 2 is 1.28 bits per heavy atom. The lowest BCUT2D eigenvalue weighted by molar-refractivity contribution is -0.315. The third kappa shape index (κ3) is 8.23. The molecule has 102 valence electrons. The zero-order valence-electron chi connectivity index (χ0n) is 10.9. The molecule has 1 rings (SSSR count). The first-order valence-electron chi connectivity index (χ1n) is 6.79. The lowest BCUT2D eigenvalue weighted by Crippen LogP contribution is -2.26. The molecule has 0 saturated carbocycles. The number of unbranched alkanes of at least 4 members (excludes halogenated alkanes) is 5. The summed E-state index contributed by atoms with van der Waals surface area (Å²) >= 11 is 0. The fourth-order valence-corrected chi connectivity index (χ4v) is 2.04. The van der Waals surface area contributed by atoms with Crippen LogP contribution in [0.1, 0.15) is 50.5 Å². The van der Waals surface area contributed by atoms with Crippen LogP contribution in [-0.2, 0) is 6.42 Å².